The van der Waals surface area contributed by atoms with Gasteiger partial charge in [-0.25, -0.2) is 4.39 Å². The SMILES string of the molecule is COCc1cc(CN(C)[C@H](C(=O)O)c2ccc(F)cc2OC)n[nH]1. The number of halogens is 1. The number of aromatic nitrogens is 2. The summed E-state index contributed by atoms with van der Waals surface area (Å²) < 4.78 is 23.5. The molecule has 0 bridgehead atoms. The molecule has 0 aliphatic carbocycles. The van der Waals surface area contributed by atoms with Crippen molar-refractivity contribution in [1.82, 2.24) is 15.1 Å². The summed E-state index contributed by atoms with van der Waals surface area (Å²) in [6.07, 6.45) is 0. The minimum Gasteiger partial charge on any atom is -0.496 e. The first-order chi connectivity index (χ1) is 11.5. The number of carboxylic acid groups (broad SMARTS) is 1. The van der Waals surface area contributed by atoms with Crippen molar-refractivity contribution in [3.05, 3.63) is 47.0 Å². The molecule has 24 heavy (non-hydrogen) atoms. The largest absolute Gasteiger partial charge is 0.496 e. The van der Waals surface area contributed by atoms with Crippen LogP contribution in [0.5, 0.6) is 5.75 Å². The van der Waals surface area contributed by atoms with E-state index in [0.29, 0.717) is 17.9 Å². The number of carboxylic acids is 1. The molecule has 0 saturated heterocycles. The molecular formula is C16H20FN3O4. The maximum atomic E-state index is 13.4. The fraction of sp³-hybridized carbons (Fsp3) is 0.375. The average molecular weight is 337 g/mol. The zero-order valence-corrected chi connectivity index (χ0v) is 13.7. The maximum Gasteiger partial charge on any atom is 0.325 e. The highest BCUT2D eigenvalue weighted by molar-refractivity contribution is 5.76. The van der Waals surface area contributed by atoms with Gasteiger partial charge in [-0.1, -0.05) is 6.07 Å². The van der Waals surface area contributed by atoms with E-state index in [1.54, 1.807) is 25.1 Å². The molecule has 130 valence electrons. The van der Waals surface area contributed by atoms with Gasteiger partial charge in [-0.3, -0.25) is 14.8 Å². The van der Waals surface area contributed by atoms with Gasteiger partial charge in [0.05, 0.1) is 25.1 Å². The molecule has 0 fully saturated rings. The van der Waals surface area contributed by atoms with Gasteiger partial charge in [0, 0.05) is 25.3 Å². The molecule has 0 aliphatic heterocycles. The molecule has 1 heterocycles. The first-order valence-corrected chi connectivity index (χ1v) is 7.24. The Morgan fingerprint density at radius 2 is 2.17 bits per heavy atom. The summed E-state index contributed by atoms with van der Waals surface area (Å²) in [5.74, 6) is -1.36. The minimum atomic E-state index is -1.06. The molecule has 0 spiro atoms. The number of aromatic amines is 1. The fourth-order valence-corrected chi connectivity index (χ4v) is 2.54. The Hall–Kier alpha value is -2.45. The summed E-state index contributed by atoms with van der Waals surface area (Å²) in [5.41, 5.74) is 1.85. The highest BCUT2D eigenvalue weighted by Crippen LogP contribution is 2.30. The first-order valence-electron chi connectivity index (χ1n) is 7.24. The van der Waals surface area contributed by atoms with Crippen LogP contribution in [0.15, 0.2) is 24.3 Å². The number of hydrogen-bond acceptors (Lipinski definition) is 5. The number of H-pyrrole nitrogens is 1. The van der Waals surface area contributed by atoms with Crippen LogP contribution in [0.4, 0.5) is 4.39 Å². The van der Waals surface area contributed by atoms with Crippen molar-refractivity contribution < 1.29 is 23.8 Å². The van der Waals surface area contributed by atoms with Gasteiger partial charge in [0.2, 0.25) is 0 Å². The maximum absolute atomic E-state index is 13.4. The van der Waals surface area contributed by atoms with Gasteiger partial charge in [0.1, 0.15) is 17.6 Å². The lowest BCUT2D eigenvalue weighted by Crippen LogP contribution is -2.31. The van der Waals surface area contributed by atoms with Crippen molar-refractivity contribution in [2.75, 3.05) is 21.3 Å². The summed E-state index contributed by atoms with van der Waals surface area (Å²) in [7, 11) is 4.61. The van der Waals surface area contributed by atoms with E-state index in [4.69, 9.17) is 9.47 Å². The Kier molecular flexibility index (Phi) is 5.88. The normalized spacial score (nSPS) is 12.4. The number of carbonyl (C=O) groups is 1. The number of nitrogens with zero attached hydrogens (tertiary/aromatic N) is 2. The van der Waals surface area contributed by atoms with Crippen molar-refractivity contribution in [3.63, 3.8) is 0 Å². The second-order valence-electron chi connectivity index (χ2n) is 5.36. The van der Waals surface area contributed by atoms with E-state index in [1.165, 1.54) is 25.3 Å². The molecule has 2 rings (SSSR count). The van der Waals surface area contributed by atoms with Gasteiger partial charge < -0.3 is 14.6 Å². The van der Waals surface area contributed by atoms with Crippen LogP contribution in [0.25, 0.3) is 0 Å². The van der Waals surface area contributed by atoms with Crippen LogP contribution >= 0.6 is 0 Å². The molecule has 0 saturated carbocycles. The molecule has 0 aliphatic rings. The molecule has 8 heteroatoms. The van der Waals surface area contributed by atoms with Crippen LogP contribution in [0.2, 0.25) is 0 Å². The predicted molar refractivity (Wildman–Crippen MR) is 84.1 cm³/mol. The van der Waals surface area contributed by atoms with Gasteiger partial charge >= 0.3 is 5.97 Å². The minimum absolute atomic E-state index is 0.191. The monoisotopic (exact) mass is 337 g/mol. The molecule has 2 N–H and O–H groups in total. The lowest BCUT2D eigenvalue weighted by atomic mass is 10.0. The first kappa shape index (κ1) is 17.9. The molecule has 1 aromatic heterocycles. The quantitative estimate of drug-likeness (QED) is 0.766. The van der Waals surface area contributed by atoms with E-state index in [1.807, 2.05) is 0 Å². The zero-order valence-electron chi connectivity index (χ0n) is 13.7. The molecule has 0 radical (unpaired) electrons. The standard InChI is InChI=1S/C16H20FN3O4/c1-20(8-11-7-12(9-23-2)19-18-11)15(16(21)22)13-5-4-10(17)6-14(13)24-3/h4-7,15H,8-9H2,1-3H3,(H,18,19)(H,21,22)/t15-/m0/s1. The third kappa shape index (κ3) is 4.09. The summed E-state index contributed by atoms with van der Waals surface area (Å²) in [6, 6.07) is 4.62. The van der Waals surface area contributed by atoms with Crippen LogP contribution < -0.4 is 4.74 Å². The second-order valence-corrected chi connectivity index (χ2v) is 5.36. The van der Waals surface area contributed by atoms with E-state index in [2.05, 4.69) is 10.2 Å². The Balaban J connectivity index is 2.24. The lowest BCUT2D eigenvalue weighted by molar-refractivity contribution is -0.143. The molecule has 1 atom stereocenters. The van der Waals surface area contributed by atoms with Crippen LogP contribution in [0.1, 0.15) is 23.0 Å². The number of aliphatic carboxylic acids is 1. The van der Waals surface area contributed by atoms with E-state index in [0.717, 1.165) is 5.69 Å². The van der Waals surface area contributed by atoms with E-state index in [9.17, 15) is 14.3 Å². The number of nitrogens with one attached hydrogen (secondary N) is 1. The molecular weight excluding hydrogens is 317 g/mol. The number of hydrogen-bond donors (Lipinski definition) is 2. The van der Waals surface area contributed by atoms with Crippen molar-refractivity contribution in [2.45, 2.75) is 19.2 Å². The topological polar surface area (TPSA) is 87.7 Å². The van der Waals surface area contributed by atoms with Crippen LogP contribution in [0, 0.1) is 5.82 Å². The molecule has 0 amide bonds. The van der Waals surface area contributed by atoms with Crippen molar-refractivity contribution in [3.8, 4) is 5.75 Å². The van der Waals surface area contributed by atoms with Gasteiger partial charge in [-0.15, -0.1) is 0 Å². The number of rotatable bonds is 8. The zero-order chi connectivity index (χ0) is 17.7. The van der Waals surface area contributed by atoms with Crippen LogP contribution in [-0.4, -0.2) is 47.4 Å². The Morgan fingerprint density at radius 3 is 2.79 bits per heavy atom. The summed E-state index contributed by atoms with van der Waals surface area (Å²) in [5, 5.41) is 16.6. The third-order valence-corrected chi connectivity index (χ3v) is 3.56. The van der Waals surface area contributed by atoms with Gasteiger partial charge in [0.15, 0.2) is 0 Å². The second kappa shape index (κ2) is 7.89. The average Bonchev–Trinajstić information content (AvgIpc) is 2.96. The third-order valence-electron chi connectivity index (χ3n) is 3.56. The van der Waals surface area contributed by atoms with Gasteiger partial charge in [-0.2, -0.15) is 5.10 Å². The summed E-state index contributed by atoms with van der Waals surface area (Å²) >= 11 is 0. The highest BCUT2D eigenvalue weighted by atomic mass is 19.1. The van der Waals surface area contributed by atoms with E-state index in [-0.39, 0.29) is 12.3 Å². The Morgan fingerprint density at radius 1 is 1.42 bits per heavy atom. The number of likely N-dealkylation sites (N-methyl/N-ethyl adjacent to an activating group) is 1. The smallest absolute Gasteiger partial charge is 0.325 e. The van der Waals surface area contributed by atoms with Crippen molar-refractivity contribution in [2.24, 2.45) is 0 Å². The van der Waals surface area contributed by atoms with Gasteiger partial charge in [-0.05, 0) is 19.2 Å². The van der Waals surface area contributed by atoms with Crippen LogP contribution in [-0.2, 0) is 22.7 Å². The summed E-state index contributed by atoms with van der Waals surface area (Å²) in [4.78, 5) is 13.4. The molecule has 2 aromatic rings. The lowest BCUT2D eigenvalue weighted by Gasteiger charge is -2.25. The van der Waals surface area contributed by atoms with Crippen molar-refractivity contribution in [1.29, 1.82) is 0 Å². The predicted octanol–water partition coefficient (Wildman–Crippen LogP) is 1.96. The fourth-order valence-electron chi connectivity index (χ4n) is 2.54. The number of benzene rings is 1. The van der Waals surface area contributed by atoms with Crippen molar-refractivity contribution >= 4 is 5.97 Å². The molecule has 1 aromatic carbocycles. The molecule has 7 nitrogen and oxygen atoms in total. The van der Waals surface area contributed by atoms with E-state index < -0.39 is 17.8 Å². The number of ether oxygens (including phenoxy) is 2. The Bertz CT molecular complexity index is 704. The summed E-state index contributed by atoms with van der Waals surface area (Å²) in [6.45, 7) is 0.683. The van der Waals surface area contributed by atoms with Crippen LogP contribution in [0.3, 0.4) is 0 Å². The van der Waals surface area contributed by atoms with Gasteiger partial charge in [0.25, 0.3) is 0 Å². The Labute approximate surface area is 139 Å². The molecule has 0 unspecified atom stereocenters. The van der Waals surface area contributed by atoms with E-state index >= 15 is 0 Å². The number of methoxy groups -OCH3 is 2. The highest BCUT2D eigenvalue weighted by Gasteiger charge is 2.28.